The van der Waals surface area contributed by atoms with Crippen LogP contribution in [0.25, 0.3) is 22.7 Å². The average Bonchev–Trinajstić information content (AvgIpc) is 3.15. The van der Waals surface area contributed by atoms with Gasteiger partial charge in [0.05, 0.1) is 30.3 Å². The summed E-state index contributed by atoms with van der Waals surface area (Å²) in [4.78, 5) is 18.9. The standard InChI is InChI=1S/C21H19N3O4/c1-3-27-19-11-14(8-9-18(19)28-13-20(25)26-2)10-15(12-22)21-23-16-6-4-5-7-17(16)24-21/h4-11H,3,13H2,1-2H3,(H,23,24). The number of allylic oxidation sites excluding steroid dienone is 1. The molecule has 28 heavy (non-hydrogen) atoms. The van der Waals surface area contributed by atoms with Crippen molar-refractivity contribution in [2.75, 3.05) is 20.3 Å². The second kappa shape index (κ2) is 8.73. The monoisotopic (exact) mass is 377 g/mol. The summed E-state index contributed by atoms with van der Waals surface area (Å²) >= 11 is 0. The highest BCUT2D eigenvalue weighted by atomic mass is 16.6. The SMILES string of the molecule is CCOc1cc(C=C(C#N)c2nc3ccccc3[nH]2)ccc1OCC(=O)OC. The zero-order chi connectivity index (χ0) is 19.9. The molecule has 3 aromatic rings. The molecular formula is C21H19N3O4. The maximum absolute atomic E-state index is 11.3. The Morgan fingerprint density at radius 2 is 2.04 bits per heavy atom. The molecule has 2 aromatic carbocycles. The predicted octanol–water partition coefficient (Wildman–Crippen LogP) is 3.58. The van der Waals surface area contributed by atoms with E-state index in [0.717, 1.165) is 16.6 Å². The van der Waals surface area contributed by atoms with Crippen LogP contribution in [0.4, 0.5) is 0 Å². The molecule has 0 bridgehead atoms. The Morgan fingerprint density at radius 1 is 1.21 bits per heavy atom. The number of nitrogens with one attached hydrogen (secondary N) is 1. The molecule has 1 N–H and O–H groups in total. The molecule has 0 saturated heterocycles. The number of para-hydroxylation sites is 2. The van der Waals surface area contributed by atoms with Crippen molar-refractivity contribution >= 4 is 28.7 Å². The third-order valence-corrected chi connectivity index (χ3v) is 3.92. The van der Waals surface area contributed by atoms with Gasteiger partial charge in [-0.3, -0.25) is 0 Å². The van der Waals surface area contributed by atoms with Gasteiger partial charge in [-0.25, -0.2) is 9.78 Å². The molecule has 0 amide bonds. The first-order chi connectivity index (χ1) is 13.6. The van der Waals surface area contributed by atoms with Crippen LogP contribution in [0, 0.1) is 11.3 Å². The molecule has 0 atom stereocenters. The molecule has 0 saturated carbocycles. The number of hydrogen-bond donors (Lipinski definition) is 1. The molecule has 0 aliphatic rings. The summed E-state index contributed by atoms with van der Waals surface area (Å²) in [5, 5.41) is 9.58. The molecular weight excluding hydrogens is 358 g/mol. The summed E-state index contributed by atoms with van der Waals surface area (Å²) in [6, 6.07) is 15.0. The second-order valence-corrected chi connectivity index (χ2v) is 5.78. The number of nitrogens with zero attached hydrogens (tertiary/aromatic N) is 2. The summed E-state index contributed by atoms with van der Waals surface area (Å²) in [5.74, 6) is 0.907. The number of hydrogen-bond acceptors (Lipinski definition) is 6. The van der Waals surface area contributed by atoms with Gasteiger partial charge >= 0.3 is 5.97 Å². The van der Waals surface area contributed by atoms with Gasteiger partial charge in [0, 0.05) is 0 Å². The van der Waals surface area contributed by atoms with Gasteiger partial charge in [-0.2, -0.15) is 5.26 Å². The molecule has 1 heterocycles. The highest BCUT2D eigenvalue weighted by Crippen LogP contribution is 2.30. The number of rotatable bonds is 7. The molecule has 0 fully saturated rings. The first kappa shape index (κ1) is 19.0. The van der Waals surface area contributed by atoms with Crippen molar-refractivity contribution in [1.29, 1.82) is 5.26 Å². The van der Waals surface area contributed by atoms with Crippen molar-refractivity contribution in [3.63, 3.8) is 0 Å². The van der Waals surface area contributed by atoms with Crippen LogP contribution in [0.15, 0.2) is 42.5 Å². The van der Waals surface area contributed by atoms with Crippen LogP contribution in [0.5, 0.6) is 11.5 Å². The van der Waals surface area contributed by atoms with E-state index in [9.17, 15) is 10.1 Å². The molecule has 0 aliphatic heterocycles. The highest BCUT2D eigenvalue weighted by molar-refractivity contribution is 5.90. The summed E-state index contributed by atoms with van der Waals surface area (Å²) in [5.41, 5.74) is 2.79. The van der Waals surface area contributed by atoms with E-state index < -0.39 is 5.97 Å². The maximum atomic E-state index is 11.3. The van der Waals surface area contributed by atoms with Gasteiger partial charge < -0.3 is 19.2 Å². The fraction of sp³-hybridized carbons (Fsp3) is 0.190. The van der Waals surface area contributed by atoms with Crippen LogP contribution in [0.1, 0.15) is 18.3 Å². The third kappa shape index (κ3) is 4.30. The van der Waals surface area contributed by atoms with Crippen LogP contribution in [-0.4, -0.2) is 36.3 Å². The van der Waals surface area contributed by atoms with Crippen molar-refractivity contribution in [2.45, 2.75) is 6.92 Å². The number of esters is 1. The van der Waals surface area contributed by atoms with Gasteiger partial charge in [0.15, 0.2) is 18.1 Å². The molecule has 7 heteroatoms. The summed E-state index contributed by atoms with van der Waals surface area (Å²) < 4.78 is 15.6. The van der Waals surface area contributed by atoms with Crippen LogP contribution >= 0.6 is 0 Å². The van der Waals surface area contributed by atoms with Crippen LogP contribution in [0.3, 0.4) is 0 Å². The summed E-state index contributed by atoms with van der Waals surface area (Å²) in [7, 11) is 1.30. The maximum Gasteiger partial charge on any atom is 0.343 e. The Labute approximate surface area is 162 Å². The van der Waals surface area contributed by atoms with Gasteiger partial charge in [-0.05, 0) is 42.8 Å². The second-order valence-electron chi connectivity index (χ2n) is 5.78. The van der Waals surface area contributed by atoms with E-state index in [1.165, 1.54) is 7.11 Å². The van der Waals surface area contributed by atoms with Crippen molar-refractivity contribution in [3.8, 4) is 17.6 Å². The highest BCUT2D eigenvalue weighted by Gasteiger charge is 2.11. The minimum absolute atomic E-state index is 0.214. The lowest BCUT2D eigenvalue weighted by Gasteiger charge is -2.12. The van der Waals surface area contributed by atoms with Crippen molar-refractivity contribution in [1.82, 2.24) is 9.97 Å². The normalized spacial score (nSPS) is 11.1. The molecule has 3 rings (SSSR count). The van der Waals surface area contributed by atoms with Crippen LogP contribution in [0.2, 0.25) is 0 Å². The lowest BCUT2D eigenvalue weighted by atomic mass is 10.1. The third-order valence-electron chi connectivity index (χ3n) is 3.92. The number of H-pyrrole nitrogens is 1. The number of ether oxygens (including phenoxy) is 3. The molecule has 142 valence electrons. The van der Waals surface area contributed by atoms with E-state index in [1.54, 1.807) is 24.3 Å². The Morgan fingerprint density at radius 3 is 2.75 bits per heavy atom. The number of methoxy groups -OCH3 is 1. The minimum Gasteiger partial charge on any atom is -0.490 e. The number of carbonyl (C=O) groups excluding carboxylic acids is 1. The molecule has 0 aliphatic carbocycles. The Bertz CT molecular complexity index is 1030. The van der Waals surface area contributed by atoms with E-state index in [0.29, 0.717) is 29.5 Å². The Hall–Kier alpha value is -3.79. The number of aromatic amines is 1. The first-order valence-corrected chi connectivity index (χ1v) is 8.68. The van der Waals surface area contributed by atoms with Gasteiger partial charge in [-0.15, -0.1) is 0 Å². The van der Waals surface area contributed by atoms with Gasteiger partial charge in [0.1, 0.15) is 11.9 Å². The number of aromatic nitrogens is 2. The molecule has 7 nitrogen and oxygen atoms in total. The average molecular weight is 377 g/mol. The summed E-state index contributed by atoms with van der Waals surface area (Å²) in [6.07, 6.45) is 1.71. The lowest BCUT2D eigenvalue weighted by Crippen LogP contribution is -2.13. The molecule has 1 aromatic heterocycles. The van der Waals surface area contributed by atoms with E-state index in [-0.39, 0.29) is 6.61 Å². The zero-order valence-electron chi connectivity index (χ0n) is 15.6. The molecule has 0 unspecified atom stereocenters. The van der Waals surface area contributed by atoms with Gasteiger partial charge in [-0.1, -0.05) is 18.2 Å². The topological polar surface area (TPSA) is 97.2 Å². The summed E-state index contributed by atoms with van der Waals surface area (Å²) in [6.45, 7) is 2.06. The number of benzene rings is 2. The van der Waals surface area contributed by atoms with E-state index >= 15 is 0 Å². The van der Waals surface area contributed by atoms with Gasteiger partial charge in [0.25, 0.3) is 0 Å². The predicted molar refractivity (Wildman–Crippen MR) is 105 cm³/mol. The number of carbonyl (C=O) groups is 1. The molecule has 0 spiro atoms. The minimum atomic E-state index is -0.483. The fourth-order valence-corrected chi connectivity index (χ4v) is 2.60. The number of fused-ring (bicyclic) bond motifs is 1. The fourth-order valence-electron chi connectivity index (χ4n) is 2.60. The zero-order valence-corrected chi connectivity index (χ0v) is 15.6. The van der Waals surface area contributed by atoms with E-state index in [4.69, 9.17) is 9.47 Å². The van der Waals surface area contributed by atoms with Crippen LogP contribution < -0.4 is 9.47 Å². The largest absolute Gasteiger partial charge is 0.490 e. The molecule has 0 radical (unpaired) electrons. The van der Waals surface area contributed by atoms with Crippen molar-refractivity contribution < 1.29 is 19.0 Å². The number of nitriles is 1. The van der Waals surface area contributed by atoms with Gasteiger partial charge in [0.2, 0.25) is 0 Å². The van der Waals surface area contributed by atoms with Crippen molar-refractivity contribution in [2.24, 2.45) is 0 Å². The first-order valence-electron chi connectivity index (χ1n) is 8.68. The van der Waals surface area contributed by atoms with Crippen molar-refractivity contribution in [3.05, 3.63) is 53.9 Å². The number of imidazole rings is 1. The van der Waals surface area contributed by atoms with E-state index in [2.05, 4.69) is 20.8 Å². The Kier molecular flexibility index (Phi) is 5.92. The lowest BCUT2D eigenvalue weighted by molar-refractivity contribution is -0.142. The smallest absolute Gasteiger partial charge is 0.343 e. The quantitative estimate of drug-likeness (QED) is 0.499. The Balaban J connectivity index is 1.91. The van der Waals surface area contributed by atoms with E-state index in [1.807, 2.05) is 31.2 Å². The van der Waals surface area contributed by atoms with Crippen LogP contribution in [-0.2, 0) is 9.53 Å².